The minimum atomic E-state index is -0.364. The van der Waals surface area contributed by atoms with Gasteiger partial charge in [0.1, 0.15) is 5.75 Å². The van der Waals surface area contributed by atoms with Crippen molar-refractivity contribution in [3.63, 3.8) is 0 Å². The Labute approximate surface area is 196 Å². The maximum Gasteiger partial charge on any atom is 0.339 e. The number of methoxy groups -OCH3 is 1. The maximum atomic E-state index is 12.4. The Balaban J connectivity index is 1.59. The average Bonchev–Trinajstić information content (AvgIpc) is 3.34. The summed E-state index contributed by atoms with van der Waals surface area (Å²) in [7, 11) is 1.64. The monoisotopic (exact) mass is 453 g/mol. The predicted molar refractivity (Wildman–Crippen MR) is 130 cm³/mol. The number of hydrogen-bond donors (Lipinski definition) is 1. The Morgan fingerprint density at radius 3 is 2.65 bits per heavy atom. The number of ether oxygens (including phenoxy) is 2. The quantitative estimate of drug-likeness (QED) is 0.356. The van der Waals surface area contributed by atoms with Gasteiger partial charge < -0.3 is 19.2 Å². The Bertz CT molecular complexity index is 1460. The molecule has 2 aromatic carbocycles. The molecule has 0 radical (unpaired) electrons. The molecule has 5 aromatic rings. The predicted octanol–water partition coefficient (Wildman–Crippen LogP) is 4.74. The molecule has 34 heavy (non-hydrogen) atoms. The number of benzene rings is 2. The molecule has 0 saturated heterocycles. The number of anilines is 1. The summed E-state index contributed by atoms with van der Waals surface area (Å²) in [5.74, 6) is 1.10. The standard InChI is InChI=1S/C26H23N5O3/c1-3-34-26(32)19-14-24-25(27-15-17-6-9-20(33-2)10-7-17)29-22-13-18(21-5-4-12-28-30-21)8-11-23(22)31(24)16-19/h4-14,16H,3,15H2,1-2H3,(H,27,29). The highest BCUT2D eigenvalue weighted by Gasteiger charge is 2.16. The molecular formula is C26H23N5O3. The van der Waals surface area contributed by atoms with Gasteiger partial charge in [0.25, 0.3) is 0 Å². The fourth-order valence-electron chi connectivity index (χ4n) is 3.84. The van der Waals surface area contributed by atoms with Gasteiger partial charge in [0.2, 0.25) is 0 Å². The highest BCUT2D eigenvalue weighted by atomic mass is 16.5. The highest BCUT2D eigenvalue weighted by molar-refractivity contribution is 5.95. The first-order valence-corrected chi connectivity index (χ1v) is 10.9. The van der Waals surface area contributed by atoms with E-state index in [1.807, 2.05) is 59.0 Å². The molecule has 0 aliphatic carbocycles. The topological polar surface area (TPSA) is 90.6 Å². The van der Waals surface area contributed by atoms with Gasteiger partial charge in [-0.3, -0.25) is 0 Å². The summed E-state index contributed by atoms with van der Waals surface area (Å²) in [5.41, 5.74) is 5.64. The third-order valence-corrected chi connectivity index (χ3v) is 5.53. The number of nitrogens with one attached hydrogen (secondary N) is 1. The molecule has 0 aliphatic rings. The van der Waals surface area contributed by atoms with E-state index in [1.165, 1.54) is 0 Å². The molecule has 0 amide bonds. The number of carbonyl (C=O) groups is 1. The lowest BCUT2D eigenvalue weighted by atomic mass is 10.1. The summed E-state index contributed by atoms with van der Waals surface area (Å²) in [6, 6.07) is 19.3. The van der Waals surface area contributed by atoms with Crippen molar-refractivity contribution in [1.29, 1.82) is 0 Å². The second-order valence-corrected chi connectivity index (χ2v) is 7.68. The van der Waals surface area contributed by atoms with Gasteiger partial charge in [-0.15, -0.1) is 0 Å². The van der Waals surface area contributed by atoms with Gasteiger partial charge in [0.05, 0.1) is 41.5 Å². The van der Waals surface area contributed by atoms with Crippen molar-refractivity contribution in [2.24, 2.45) is 0 Å². The molecule has 0 fully saturated rings. The number of carbonyl (C=O) groups excluding carboxylic acids is 1. The van der Waals surface area contributed by atoms with E-state index in [9.17, 15) is 4.79 Å². The molecule has 1 N–H and O–H groups in total. The van der Waals surface area contributed by atoms with Gasteiger partial charge in [0, 0.05) is 24.5 Å². The normalized spacial score (nSPS) is 11.0. The number of rotatable bonds is 7. The van der Waals surface area contributed by atoms with Crippen molar-refractivity contribution in [1.82, 2.24) is 19.6 Å². The van der Waals surface area contributed by atoms with E-state index < -0.39 is 0 Å². The zero-order valence-electron chi connectivity index (χ0n) is 18.9. The number of nitrogens with zero attached hydrogens (tertiary/aromatic N) is 4. The van der Waals surface area contributed by atoms with Crippen LogP contribution in [0.1, 0.15) is 22.8 Å². The largest absolute Gasteiger partial charge is 0.497 e. The average molecular weight is 454 g/mol. The van der Waals surface area contributed by atoms with Crippen LogP contribution in [0.3, 0.4) is 0 Å². The van der Waals surface area contributed by atoms with Crippen LogP contribution in [0.25, 0.3) is 27.8 Å². The van der Waals surface area contributed by atoms with Gasteiger partial charge in [0.15, 0.2) is 5.82 Å². The molecule has 0 bridgehead atoms. The first kappa shape index (κ1) is 21.4. The van der Waals surface area contributed by atoms with E-state index in [1.54, 1.807) is 32.5 Å². The molecule has 0 spiro atoms. The zero-order valence-corrected chi connectivity index (χ0v) is 18.9. The van der Waals surface area contributed by atoms with Crippen LogP contribution in [-0.2, 0) is 11.3 Å². The molecule has 170 valence electrons. The first-order chi connectivity index (χ1) is 16.7. The Morgan fingerprint density at radius 2 is 1.91 bits per heavy atom. The highest BCUT2D eigenvalue weighted by Crippen LogP contribution is 2.28. The van der Waals surface area contributed by atoms with E-state index >= 15 is 0 Å². The van der Waals surface area contributed by atoms with Crippen LogP contribution in [0.2, 0.25) is 0 Å². The van der Waals surface area contributed by atoms with Crippen molar-refractivity contribution in [2.45, 2.75) is 13.5 Å². The molecule has 0 unspecified atom stereocenters. The van der Waals surface area contributed by atoms with Crippen molar-refractivity contribution in [3.8, 4) is 17.0 Å². The Hall–Kier alpha value is -4.46. The van der Waals surface area contributed by atoms with E-state index in [-0.39, 0.29) is 5.97 Å². The van der Waals surface area contributed by atoms with E-state index in [0.29, 0.717) is 24.5 Å². The number of fused-ring (bicyclic) bond motifs is 3. The summed E-state index contributed by atoms with van der Waals surface area (Å²) in [5, 5.41) is 11.6. The molecular weight excluding hydrogens is 430 g/mol. The number of hydrogen-bond acceptors (Lipinski definition) is 7. The molecule has 0 saturated carbocycles. The minimum Gasteiger partial charge on any atom is -0.497 e. The Morgan fingerprint density at radius 1 is 1.06 bits per heavy atom. The minimum absolute atomic E-state index is 0.314. The molecule has 8 nitrogen and oxygen atoms in total. The van der Waals surface area contributed by atoms with E-state index in [0.717, 1.165) is 39.1 Å². The van der Waals surface area contributed by atoms with Crippen molar-refractivity contribution < 1.29 is 14.3 Å². The number of aromatic nitrogens is 4. The van der Waals surface area contributed by atoms with Crippen LogP contribution in [0.5, 0.6) is 5.75 Å². The van der Waals surface area contributed by atoms with Crippen molar-refractivity contribution in [3.05, 3.63) is 84.2 Å². The van der Waals surface area contributed by atoms with Crippen molar-refractivity contribution >= 4 is 28.3 Å². The van der Waals surface area contributed by atoms with Crippen LogP contribution < -0.4 is 10.1 Å². The molecule has 0 atom stereocenters. The third kappa shape index (κ3) is 4.13. The van der Waals surface area contributed by atoms with Crippen LogP contribution in [0, 0.1) is 0 Å². The summed E-state index contributed by atoms with van der Waals surface area (Å²) >= 11 is 0. The summed E-state index contributed by atoms with van der Waals surface area (Å²) in [6.07, 6.45) is 3.43. The molecule has 3 heterocycles. The Kier molecular flexibility index (Phi) is 5.78. The summed E-state index contributed by atoms with van der Waals surface area (Å²) < 4.78 is 12.4. The SMILES string of the molecule is CCOC(=O)c1cc2c(NCc3ccc(OC)cc3)nc3cc(-c4cccnn4)ccc3n2c1. The first-order valence-electron chi connectivity index (χ1n) is 10.9. The van der Waals surface area contributed by atoms with Crippen molar-refractivity contribution in [2.75, 3.05) is 19.0 Å². The lowest BCUT2D eigenvalue weighted by Gasteiger charge is -2.12. The molecule has 5 rings (SSSR count). The van der Waals surface area contributed by atoms with Gasteiger partial charge in [-0.2, -0.15) is 10.2 Å². The van der Waals surface area contributed by atoms with Gasteiger partial charge in [-0.05, 0) is 55.0 Å². The smallest absolute Gasteiger partial charge is 0.339 e. The summed E-state index contributed by atoms with van der Waals surface area (Å²) in [4.78, 5) is 17.3. The second kappa shape index (κ2) is 9.19. The van der Waals surface area contributed by atoms with Crippen LogP contribution in [0.4, 0.5) is 5.82 Å². The third-order valence-electron chi connectivity index (χ3n) is 5.53. The fourth-order valence-corrected chi connectivity index (χ4v) is 3.84. The maximum absolute atomic E-state index is 12.4. The fraction of sp³-hybridized carbons (Fsp3) is 0.154. The van der Waals surface area contributed by atoms with Crippen LogP contribution >= 0.6 is 0 Å². The van der Waals surface area contributed by atoms with E-state index in [2.05, 4.69) is 15.5 Å². The lowest BCUT2D eigenvalue weighted by molar-refractivity contribution is 0.0526. The van der Waals surface area contributed by atoms with Gasteiger partial charge in [-0.1, -0.05) is 18.2 Å². The second-order valence-electron chi connectivity index (χ2n) is 7.68. The summed E-state index contributed by atoms with van der Waals surface area (Å²) in [6.45, 7) is 2.66. The van der Waals surface area contributed by atoms with Crippen LogP contribution in [0.15, 0.2) is 73.1 Å². The zero-order chi connectivity index (χ0) is 23.5. The number of esters is 1. The van der Waals surface area contributed by atoms with Gasteiger partial charge >= 0.3 is 5.97 Å². The van der Waals surface area contributed by atoms with Crippen LogP contribution in [-0.4, -0.2) is 39.3 Å². The van der Waals surface area contributed by atoms with E-state index in [4.69, 9.17) is 14.5 Å². The lowest BCUT2D eigenvalue weighted by Crippen LogP contribution is -2.04. The van der Waals surface area contributed by atoms with Gasteiger partial charge in [-0.25, -0.2) is 9.78 Å². The molecule has 3 aromatic heterocycles. The molecule has 0 aliphatic heterocycles. The molecule has 8 heteroatoms.